The summed E-state index contributed by atoms with van der Waals surface area (Å²) in [5.41, 5.74) is 5.52. The highest BCUT2D eigenvalue weighted by molar-refractivity contribution is 8.14. The lowest BCUT2D eigenvalue weighted by molar-refractivity contribution is 0.738. The second-order valence-corrected chi connectivity index (χ2v) is 7.36. The lowest BCUT2D eigenvalue weighted by Gasteiger charge is -2.09. The van der Waals surface area contributed by atoms with Gasteiger partial charge in [-0.25, -0.2) is 4.98 Å². The third kappa shape index (κ3) is 3.87. The van der Waals surface area contributed by atoms with Crippen LogP contribution in [-0.2, 0) is 0 Å². The molecule has 1 aliphatic rings. The quantitative estimate of drug-likeness (QED) is 0.609. The molecule has 0 radical (unpaired) electrons. The Labute approximate surface area is 164 Å². The number of aliphatic imine (C=N–C) groups is 1. The number of thioether (sulfide) groups is 1. The molecule has 2 heterocycles. The highest BCUT2D eigenvalue weighted by Gasteiger charge is 2.16. The Morgan fingerprint density at radius 1 is 1.12 bits per heavy atom. The molecule has 2 aromatic carbocycles. The van der Waals surface area contributed by atoms with Crippen LogP contribution in [0, 0.1) is 6.92 Å². The summed E-state index contributed by atoms with van der Waals surface area (Å²) < 4.78 is 0. The Balaban J connectivity index is 0.00000196. The van der Waals surface area contributed by atoms with Crippen LogP contribution in [-0.4, -0.2) is 21.9 Å². The molecule has 0 saturated heterocycles. The van der Waals surface area contributed by atoms with Crippen molar-refractivity contribution in [3.05, 3.63) is 60.2 Å². The maximum absolute atomic E-state index is 4.81. The summed E-state index contributed by atoms with van der Waals surface area (Å²) in [7, 11) is 0. The van der Waals surface area contributed by atoms with E-state index in [0.29, 0.717) is 6.04 Å². The monoisotopic (exact) mass is 383 g/mol. The minimum Gasteiger partial charge on any atom is -0.335 e. The van der Waals surface area contributed by atoms with Gasteiger partial charge in [-0.3, -0.25) is 4.99 Å². The predicted octanol–water partition coefficient (Wildman–Crippen LogP) is 5.93. The Hall–Kier alpha value is -2.04. The normalized spacial score (nSPS) is 16.2. The standard InChI is InChI=1S/C21H21N3S.ClH/c1-3-16-13-25-21(22-16)23-17-10-8-15(9-11-17)20-12-14(2)18-6-4-5-7-19(18)24-20;/h4-12,16H,3,13H2,1-2H3,(H,22,23);1H. The number of anilines is 1. The van der Waals surface area contributed by atoms with Crippen molar-refractivity contribution in [2.75, 3.05) is 11.1 Å². The zero-order chi connectivity index (χ0) is 17.2. The first kappa shape index (κ1) is 18.7. The second-order valence-electron chi connectivity index (χ2n) is 6.35. The van der Waals surface area contributed by atoms with E-state index in [1.165, 1.54) is 10.9 Å². The van der Waals surface area contributed by atoms with Crippen molar-refractivity contribution < 1.29 is 0 Å². The Bertz CT molecular complexity index is 938. The summed E-state index contributed by atoms with van der Waals surface area (Å²) >= 11 is 1.80. The predicted molar refractivity (Wildman–Crippen MR) is 117 cm³/mol. The number of nitrogens with one attached hydrogen (secondary N) is 1. The number of hydrogen-bond acceptors (Lipinski definition) is 4. The summed E-state index contributed by atoms with van der Waals surface area (Å²) in [6.07, 6.45) is 1.10. The second kappa shape index (κ2) is 8.11. The zero-order valence-corrected chi connectivity index (χ0v) is 16.5. The average molecular weight is 384 g/mol. The van der Waals surface area contributed by atoms with E-state index in [2.05, 4.69) is 72.7 Å². The molecule has 134 valence electrons. The van der Waals surface area contributed by atoms with Gasteiger partial charge in [0.05, 0.1) is 17.3 Å². The van der Waals surface area contributed by atoms with E-state index in [9.17, 15) is 0 Å². The summed E-state index contributed by atoms with van der Waals surface area (Å²) in [6, 6.07) is 19.4. The topological polar surface area (TPSA) is 37.3 Å². The van der Waals surface area contributed by atoms with Gasteiger partial charge in [0, 0.05) is 22.4 Å². The van der Waals surface area contributed by atoms with Crippen LogP contribution in [0.25, 0.3) is 22.2 Å². The van der Waals surface area contributed by atoms with Gasteiger partial charge in [0.25, 0.3) is 0 Å². The summed E-state index contributed by atoms with van der Waals surface area (Å²) in [4.78, 5) is 9.50. The van der Waals surface area contributed by atoms with Gasteiger partial charge in [-0.05, 0) is 43.2 Å². The lowest BCUT2D eigenvalue weighted by Crippen LogP contribution is -2.05. The van der Waals surface area contributed by atoms with Crippen molar-refractivity contribution >= 4 is 45.9 Å². The van der Waals surface area contributed by atoms with Crippen molar-refractivity contribution in [1.82, 2.24) is 4.98 Å². The van der Waals surface area contributed by atoms with Crippen LogP contribution in [0.2, 0.25) is 0 Å². The SMILES string of the molecule is CCC1CSC(Nc2ccc(-c3cc(C)c4ccccc4n3)cc2)=N1.Cl. The molecule has 0 amide bonds. The van der Waals surface area contributed by atoms with E-state index in [4.69, 9.17) is 4.98 Å². The number of aryl methyl sites for hydroxylation is 1. The van der Waals surface area contributed by atoms with Crippen molar-refractivity contribution in [1.29, 1.82) is 0 Å². The highest BCUT2D eigenvalue weighted by Crippen LogP contribution is 2.26. The van der Waals surface area contributed by atoms with Gasteiger partial charge in [-0.2, -0.15) is 0 Å². The number of fused-ring (bicyclic) bond motifs is 1. The third-order valence-electron chi connectivity index (χ3n) is 4.54. The smallest absolute Gasteiger partial charge is 0.161 e. The molecule has 1 aliphatic heterocycles. The van der Waals surface area contributed by atoms with Crippen LogP contribution < -0.4 is 5.32 Å². The van der Waals surface area contributed by atoms with E-state index >= 15 is 0 Å². The van der Waals surface area contributed by atoms with Gasteiger partial charge in [-0.15, -0.1) is 12.4 Å². The number of para-hydroxylation sites is 1. The van der Waals surface area contributed by atoms with Gasteiger partial charge in [0.2, 0.25) is 0 Å². The molecule has 3 nitrogen and oxygen atoms in total. The first-order valence-electron chi connectivity index (χ1n) is 8.67. The van der Waals surface area contributed by atoms with Crippen molar-refractivity contribution in [3.63, 3.8) is 0 Å². The molecule has 1 aromatic heterocycles. The van der Waals surface area contributed by atoms with Gasteiger partial charge in [0.1, 0.15) is 0 Å². The number of hydrogen-bond donors (Lipinski definition) is 1. The maximum atomic E-state index is 4.81. The Kier molecular flexibility index (Phi) is 5.84. The number of nitrogens with zero attached hydrogens (tertiary/aromatic N) is 2. The molecular weight excluding hydrogens is 362 g/mol. The number of benzene rings is 2. The molecule has 4 rings (SSSR count). The summed E-state index contributed by atoms with van der Waals surface area (Å²) in [6.45, 7) is 4.33. The molecule has 26 heavy (non-hydrogen) atoms. The van der Waals surface area contributed by atoms with E-state index in [0.717, 1.165) is 39.8 Å². The van der Waals surface area contributed by atoms with Gasteiger partial charge < -0.3 is 5.32 Å². The Morgan fingerprint density at radius 2 is 1.88 bits per heavy atom. The molecule has 1 unspecified atom stereocenters. The zero-order valence-electron chi connectivity index (χ0n) is 14.9. The fourth-order valence-electron chi connectivity index (χ4n) is 3.04. The molecule has 0 saturated carbocycles. The number of pyridine rings is 1. The minimum absolute atomic E-state index is 0. The van der Waals surface area contributed by atoms with Gasteiger partial charge in [-0.1, -0.05) is 49.0 Å². The van der Waals surface area contributed by atoms with E-state index in [1.807, 2.05) is 6.07 Å². The molecule has 0 fully saturated rings. The van der Waals surface area contributed by atoms with Crippen molar-refractivity contribution in [3.8, 4) is 11.3 Å². The largest absolute Gasteiger partial charge is 0.335 e. The molecule has 1 N–H and O–H groups in total. The summed E-state index contributed by atoms with van der Waals surface area (Å²) in [5, 5.41) is 5.66. The van der Waals surface area contributed by atoms with Crippen LogP contribution in [0.1, 0.15) is 18.9 Å². The molecule has 3 aromatic rings. The van der Waals surface area contributed by atoms with Crippen LogP contribution in [0.5, 0.6) is 0 Å². The molecule has 0 aliphatic carbocycles. The number of aromatic nitrogens is 1. The number of halogens is 1. The van der Waals surface area contributed by atoms with E-state index in [-0.39, 0.29) is 12.4 Å². The van der Waals surface area contributed by atoms with Crippen LogP contribution >= 0.6 is 24.2 Å². The van der Waals surface area contributed by atoms with Crippen LogP contribution in [0.4, 0.5) is 5.69 Å². The van der Waals surface area contributed by atoms with Gasteiger partial charge in [0.15, 0.2) is 5.17 Å². The molecule has 5 heteroatoms. The maximum Gasteiger partial charge on any atom is 0.161 e. The molecule has 0 spiro atoms. The minimum atomic E-state index is 0. The average Bonchev–Trinajstić information content (AvgIpc) is 3.10. The summed E-state index contributed by atoms with van der Waals surface area (Å²) in [5.74, 6) is 1.08. The Morgan fingerprint density at radius 3 is 2.62 bits per heavy atom. The van der Waals surface area contributed by atoms with E-state index < -0.39 is 0 Å². The first-order valence-corrected chi connectivity index (χ1v) is 9.66. The molecule has 1 atom stereocenters. The number of amidine groups is 1. The van der Waals surface area contributed by atoms with Crippen LogP contribution in [0.15, 0.2) is 59.6 Å². The molecular formula is C21H22ClN3S. The van der Waals surface area contributed by atoms with E-state index in [1.54, 1.807) is 11.8 Å². The molecule has 0 bridgehead atoms. The lowest BCUT2D eigenvalue weighted by atomic mass is 10.0. The van der Waals surface area contributed by atoms with Crippen LogP contribution in [0.3, 0.4) is 0 Å². The van der Waals surface area contributed by atoms with Gasteiger partial charge >= 0.3 is 0 Å². The first-order chi connectivity index (χ1) is 12.2. The van der Waals surface area contributed by atoms with Crippen molar-refractivity contribution in [2.45, 2.75) is 26.3 Å². The van der Waals surface area contributed by atoms with Crippen molar-refractivity contribution in [2.24, 2.45) is 4.99 Å². The third-order valence-corrected chi connectivity index (χ3v) is 5.57. The highest BCUT2D eigenvalue weighted by atomic mass is 35.5. The fraction of sp³-hybridized carbons (Fsp3) is 0.238. The number of rotatable bonds is 3. The fourth-order valence-corrected chi connectivity index (χ4v) is 4.11.